The number of sulfonamides is 1. The van der Waals surface area contributed by atoms with Gasteiger partial charge in [-0.3, -0.25) is 0 Å². The molecule has 2 N–H and O–H groups in total. The van der Waals surface area contributed by atoms with Gasteiger partial charge >= 0.3 is 5.97 Å². The first kappa shape index (κ1) is 20.8. The van der Waals surface area contributed by atoms with Crippen molar-refractivity contribution in [3.63, 3.8) is 0 Å². The summed E-state index contributed by atoms with van der Waals surface area (Å²) < 4.78 is 44.6. The summed E-state index contributed by atoms with van der Waals surface area (Å²) in [6.45, 7) is 4.51. The molecule has 1 aromatic carbocycles. The zero-order chi connectivity index (χ0) is 16.0. The average Bonchev–Trinajstić information content (AvgIpc) is 2.44. The summed E-state index contributed by atoms with van der Waals surface area (Å²) >= 11 is 0. The molecule has 0 heterocycles. The number of benzene rings is 1. The molecule has 0 bridgehead atoms. The number of ether oxygens (including phenoxy) is 1. The molecule has 0 amide bonds. The highest BCUT2D eigenvalue weighted by Crippen LogP contribution is 2.18. The highest BCUT2D eigenvalue weighted by atomic mass is 35.5. The van der Waals surface area contributed by atoms with Crippen molar-refractivity contribution in [1.82, 2.24) is 10.0 Å². The van der Waals surface area contributed by atoms with Crippen LogP contribution in [0.15, 0.2) is 23.1 Å². The molecule has 1 atom stereocenters. The first-order valence-electron chi connectivity index (χ1n) is 6.42. The number of carbonyl (C=O) groups excluding carboxylic acids is 1. The Bertz CT molecular complexity index is 610. The van der Waals surface area contributed by atoms with Crippen molar-refractivity contribution in [2.24, 2.45) is 0 Å². The lowest BCUT2D eigenvalue weighted by Gasteiger charge is -2.15. The second-order valence-corrected chi connectivity index (χ2v) is 6.18. The van der Waals surface area contributed by atoms with E-state index in [9.17, 15) is 17.6 Å². The monoisotopic (exact) mass is 354 g/mol. The highest BCUT2D eigenvalue weighted by Gasteiger charge is 2.24. The van der Waals surface area contributed by atoms with Crippen molar-refractivity contribution < 1.29 is 22.3 Å². The van der Waals surface area contributed by atoms with E-state index in [1.807, 2.05) is 6.92 Å². The summed E-state index contributed by atoms with van der Waals surface area (Å²) in [5.41, 5.74) is -0.206. The van der Waals surface area contributed by atoms with E-state index < -0.39 is 26.7 Å². The number of likely N-dealkylation sites (N-methyl/N-ethyl adjacent to an activating group) is 1. The van der Waals surface area contributed by atoms with E-state index in [2.05, 4.69) is 14.8 Å². The fraction of sp³-hybridized carbons (Fsp3) is 0.462. The van der Waals surface area contributed by atoms with E-state index in [1.54, 1.807) is 6.92 Å². The topological polar surface area (TPSA) is 84.5 Å². The van der Waals surface area contributed by atoms with Gasteiger partial charge in [0.15, 0.2) is 0 Å². The fourth-order valence-electron chi connectivity index (χ4n) is 1.73. The number of hydrogen-bond acceptors (Lipinski definition) is 5. The molecule has 0 aliphatic heterocycles. The molecule has 0 aliphatic carbocycles. The van der Waals surface area contributed by atoms with Gasteiger partial charge < -0.3 is 10.1 Å². The lowest BCUT2D eigenvalue weighted by atomic mass is 10.2. The largest absolute Gasteiger partial charge is 0.465 e. The van der Waals surface area contributed by atoms with Crippen LogP contribution in [0, 0.1) is 5.82 Å². The van der Waals surface area contributed by atoms with Gasteiger partial charge in [0, 0.05) is 12.6 Å². The lowest BCUT2D eigenvalue weighted by Crippen LogP contribution is -2.39. The van der Waals surface area contributed by atoms with E-state index in [0.717, 1.165) is 25.3 Å². The van der Waals surface area contributed by atoms with Gasteiger partial charge in [-0.15, -0.1) is 12.4 Å². The maximum Gasteiger partial charge on any atom is 0.339 e. The van der Waals surface area contributed by atoms with E-state index in [4.69, 9.17) is 0 Å². The summed E-state index contributed by atoms with van der Waals surface area (Å²) in [6, 6.07) is 2.79. The lowest BCUT2D eigenvalue weighted by molar-refractivity contribution is 0.0596. The third-order valence-corrected chi connectivity index (χ3v) is 4.23. The normalized spacial score (nSPS) is 12.4. The quantitative estimate of drug-likeness (QED) is 0.721. The molecule has 0 radical (unpaired) electrons. The zero-order valence-corrected chi connectivity index (χ0v) is 14.2. The van der Waals surface area contributed by atoms with Gasteiger partial charge in [0.05, 0.1) is 17.6 Å². The number of hydrogen-bond donors (Lipinski definition) is 2. The molecule has 6 nitrogen and oxygen atoms in total. The number of nitrogens with one attached hydrogen (secondary N) is 2. The Hall–Kier alpha value is -1.22. The minimum absolute atomic E-state index is 0. The van der Waals surface area contributed by atoms with Crippen molar-refractivity contribution in [2.45, 2.75) is 24.8 Å². The summed E-state index contributed by atoms with van der Waals surface area (Å²) in [5.74, 6) is -1.59. The summed E-state index contributed by atoms with van der Waals surface area (Å²) in [5, 5.41) is 3.04. The van der Waals surface area contributed by atoms with Gasteiger partial charge in [0.1, 0.15) is 5.82 Å². The second-order valence-electron chi connectivity index (χ2n) is 4.44. The van der Waals surface area contributed by atoms with Crippen LogP contribution in [0.1, 0.15) is 24.2 Å². The predicted octanol–water partition coefficient (Wildman–Crippen LogP) is 1.31. The Balaban J connectivity index is 0.00000441. The van der Waals surface area contributed by atoms with Gasteiger partial charge in [0.2, 0.25) is 10.0 Å². The van der Waals surface area contributed by atoms with Crippen molar-refractivity contribution in [3.05, 3.63) is 29.6 Å². The maximum absolute atomic E-state index is 13.3. The highest BCUT2D eigenvalue weighted by molar-refractivity contribution is 7.89. The Kier molecular flexibility index (Phi) is 8.54. The molecule has 9 heteroatoms. The summed E-state index contributed by atoms with van der Waals surface area (Å²) in [7, 11) is -2.89. The van der Waals surface area contributed by atoms with Crippen LogP contribution in [0.2, 0.25) is 0 Å². The molecule has 22 heavy (non-hydrogen) atoms. The number of carbonyl (C=O) groups is 1. The van der Waals surface area contributed by atoms with Crippen LogP contribution in [-0.4, -0.2) is 40.6 Å². The van der Waals surface area contributed by atoms with E-state index in [1.165, 1.54) is 0 Å². The minimum Gasteiger partial charge on any atom is -0.465 e. The van der Waals surface area contributed by atoms with Crippen LogP contribution < -0.4 is 10.0 Å². The molecular weight excluding hydrogens is 335 g/mol. The zero-order valence-electron chi connectivity index (χ0n) is 12.6. The van der Waals surface area contributed by atoms with Gasteiger partial charge in [-0.1, -0.05) is 6.92 Å². The smallest absolute Gasteiger partial charge is 0.339 e. The first-order chi connectivity index (χ1) is 9.81. The Morgan fingerprint density at radius 1 is 1.41 bits per heavy atom. The van der Waals surface area contributed by atoms with Crippen molar-refractivity contribution in [1.29, 1.82) is 0 Å². The van der Waals surface area contributed by atoms with Crippen LogP contribution in [-0.2, 0) is 14.8 Å². The van der Waals surface area contributed by atoms with Gasteiger partial charge in [0.25, 0.3) is 0 Å². The summed E-state index contributed by atoms with van der Waals surface area (Å²) in [6.07, 6.45) is 0. The molecule has 1 rings (SSSR count). The van der Waals surface area contributed by atoms with Crippen LogP contribution >= 0.6 is 12.4 Å². The van der Waals surface area contributed by atoms with Gasteiger partial charge in [-0.2, -0.15) is 0 Å². The standard InChI is InChI=1S/C13H19FN2O4S.ClH/c1-4-15-9(2)8-16-21(18,19)12-7-10(14)5-6-11(12)13(17)20-3;/h5-7,9,15-16H,4,8H2,1-3H3;1H/t9-;/m1./s1. The van der Waals surface area contributed by atoms with Crippen LogP contribution in [0.4, 0.5) is 4.39 Å². The molecule has 1 aromatic rings. The number of esters is 1. The van der Waals surface area contributed by atoms with E-state index >= 15 is 0 Å². The Labute approximate surface area is 135 Å². The van der Waals surface area contributed by atoms with Crippen LogP contribution in [0.25, 0.3) is 0 Å². The predicted molar refractivity (Wildman–Crippen MR) is 83.3 cm³/mol. The van der Waals surface area contributed by atoms with Crippen LogP contribution in [0.5, 0.6) is 0 Å². The Morgan fingerprint density at radius 2 is 2.05 bits per heavy atom. The fourth-order valence-corrected chi connectivity index (χ4v) is 3.06. The average molecular weight is 355 g/mol. The van der Waals surface area contributed by atoms with Crippen molar-refractivity contribution >= 4 is 28.4 Å². The minimum atomic E-state index is -4.01. The molecule has 0 saturated heterocycles. The van der Waals surface area contributed by atoms with Gasteiger partial charge in [-0.05, 0) is 31.7 Å². The molecule has 0 saturated carbocycles. The summed E-state index contributed by atoms with van der Waals surface area (Å²) in [4.78, 5) is 11.2. The maximum atomic E-state index is 13.3. The third-order valence-electron chi connectivity index (χ3n) is 2.77. The number of rotatable bonds is 7. The number of methoxy groups -OCH3 is 1. The van der Waals surface area contributed by atoms with Crippen molar-refractivity contribution in [3.8, 4) is 0 Å². The SMILES string of the molecule is CCN[C@H](C)CNS(=O)(=O)c1cc(F)ccc1C(=O)OC.Cl. The molecule has 0 unspecified atom stereocenters. The molecule has 0 aromatic heterocycles. The second kappa shape index (κ2) is 9.04. The first-order valence-corrected chi connectivity index (χ1v) is 7.91. The molecular formula is C13H20ClFN2O4S. The van der Waals surface area contributed by atoms with E-state index in [0.29, 0.717) is 6.54 Å². The molecule has 0 spiro atoms. The molecule has 0 aliphatic rings. The Morgan fingerprint density at radius 3 is 2.59 bits per heavy atom. The number of halogens is 2. The van der Waals surface area contributed by atoms with Crippen molar-refractivity contribution in [2.75, 3.05) is 20.2 Å². The molecule has 0 fully saturated rings. The molecule has 126 valence electrons. The third kappa shape index (κ3) is 5.53. The van der Waals surface area contributed by atoms with Gasteiger partial charge in [-0.25, -0.2) is 22.3 Å². The van der Waals surface area contributed by atoms with E-state index in [-0.39, 0.29) is 30.6 Å². The van der Waals surface area contributed by atoms with Crippen LogP contribution in [0.3, 0.4) is 0 Å².